The molecule has 0 spiro atoms. The summed E-state index contributed by atoms with van der Waals surface area (Å²) in [6.45, 7) is 4.07. The second-order valence-electron chi connectivity index (χ2n) is 3.34. The number of halogens is 1. The Labute approximate surface area is 123 Å². The third-order valence-corrected chi connectivity index (χ3v) is 2.86. The van der Waals surface area contributed by atoms with Crippen LogP contribution >= 0.6 is 28.1 Å². The highest BCUT2D eigenvalue weighted by atomic mass is 79.9. The first-order valence-electron chi connectivity index (χ1n) is 5.16. The van der Waals surface area contributed by atoms with Crippen LogP contribution < -0.4 is 10.7 Å². The minimum Gasteiger partial charge on any atom is -0.358 e. The molecule has 0 radical (unpaired) electrons. The molecule has 8 heteroatoms. The predicted octanol–water partition coefficient (Wildman–Crippen LogP) is 2.34. The van der Waals surface area contributed by atoms with E-state index in [4.69, 9.17) is 12.2 Å². The van der Waals surface area contributed by atoms with Gasteiger partial charge >= 0.3 is 0 Å². The normalized spacial score (nSPS) is 10.2. The summed E-state index contributed by atoms with van der Waals surface area (Å²) in [5.74, 6) is 0. The Hall–Kier alpha value is -1.80. The number of nitrogens with one attached hydrogen (secondary N) is 2. The van der Waals surface area contributed by atoms with Gasteiger partial charge in [0.1, 0.15) is 0 Å². The van der Waals surface area contributed by atoms with Crippen molar-refractivity contribution in [2.24, 2.45) is 5.10 Å². The maximum atomic E-state index is 10.7. The highest BCUT2D eigenvalue weighted by molar-refractivity contribution is 9.10. The Kier molecular flexibility index (Phi) is 6.10. The van der Waals surface area contributed by atoms with Crippen LogP contribution in [-0.4, -0.2) is 22.8 Å². The molecule has 0 fully saturated rings. The first-order chi connectivity index (χ1) is 9.04. The molecular formula is C11H11BrN4O2S. The molecule has 0 heterocycles. The summed E-state index contributed by atoms with van der Waals surface area (Å²) in [6, 6.07) is 4.70. The van der Waals surface area contributed by atoms with Gasteiger partial charge in [-0.05, 0) is 34.2 Å². The van der Waals surface area contributed by atoms with Gasteiger partial charge in [-0.2, -0.15) is 5.10 Å². The lowest BCUT2D eigenvalue weighted by atomic mass is 10.2. The van der Waals surface area contributed by atoms with E-state index in [-0.39, 0.29) is 5.69 Å². The average molecular weight is 343 g/mol. The lowest BCUT2D eigenvalue weighted by Gasteiger charge is -2.03. The van der Waals surface area contributed by atoms with E-state index in [2.05, 4.69) is 38.4 Å². The molecule has 1 aromatic carbocycles. The van der Waals surface area contributed by atoms with E-state index >= 15 is 0 Å². The Balaban J connectivity index is 2.67. The lowest BCUT2D eigenvalue weighted by molar-refractivity contribution is -0.385. The molecule has 0 aliphatic rings. The first kappa shape index (κ1) is 15.3. The van der Waals surface area contributed by atoms with E-state index in [1.165, 1.54) is 12.3 Å². The maximum Gasteiger partial charge on any atom is 0.284 e. The van der Waals surface area contributed by atoms with Crippen LogP contribution in [0.5, 0.6) is 0 Å². The van der Waals surface area contributed by atoms with Crippen LogP contribution in [0.1, 0.15) is 5.56 Å². The van der Waals surface area contributed by atoms with Crippen molar-refractivity contribution in [2.45, 2.75) is 0 Å². The summed E-state index contributed by atoms with van der Waals surface area (Å²) in [5, 5.41) is 17.8. The number of nitro groups is 1. The molecule has 100 valence electrons. The van der Waals surface area contributed by atoms with Gasteiger partial charge in [-0.25, -0.2) is 0 Å². The summed E-state index contributed by atoms with van der Waals surface area (Å²) in [5.41, 5.74) is 3.16. The van der Waals surface area contributed by atoms with Crippen LogP contribution in [0.15, 0.2) is 40.4 Å². The zero-order valence-electron chi connectivity index (χ0n) is 9.80. The maximum absolute atomic E-state index is 10.7. The van der Waals surface area contributed by atoms with Crippen molar-refractivity contribution in [3.05, 3.63) is 51.0 Å². The van der Waals surface area contributed by atoms with Crippen molar-refractivity contribution < 1.29 is 4.92 Å². The predicted molar refractivity (Wildman–Crippen MR) is 82.3 cm³/mol. The molecule has 1 aromatic rings. The van der Waals surface area contributed by atoms with Crippen LogP contribution in [0.25, 0.3) is 0 Å². The number of benzene rings is 1. The van der Waals surface area contributed by atoms with E-state index in [0.717, 1.165) is 0 Å². The Morgan fingerprint density at radius 2 is 2.37 bits per heavy atom. The van der Waals surface area contributed by atoms with Gasteiger partial charge < -0.3 is 5.32 Å². The summed E-state index contributed by atoms with van der Waals surface area (Å²) < 4.78 is 0.422. The largest absolute Gasteiger partial charge is 0.358 e. The average Bonchev–Trinajstić information content (AvgIpc) is 2.38. The third-order valence-electron chi connectivity index (χ3n) is 1.95. The number of hydrogen-bond donors (Lipinski definition) is 2. The highest BCUT2D eigenvalue weighted by Crippen LogP contribution is 2.24. The van der Waals surface area contributed by atoms with Gasteiger partial charge in [-0.1, -0.05) is 12.1 Å². The van der Waals surface area contributed by atoms with Crippen LogP contribution in [0.2, 0.25) is 0 Å². The SMILES string of the molecule is C=CCNC(=S)N/N=C/c1ccc(Br)c([N+](=O)[O-])c1. The van der Waals surface area contributed by atoms with Gasteiger partial charge in [0, 0.05) is 18.2 Å². The number of thiocarbonyl (C=S) groups is 1. The molecule has 0 saturated heterocycles. The van der Waals surface area contributed by atoms with Crippen molar-refractivity contribution in [1.82, 2.24) is 10.7 Å². The molecule has 0 unspecified atom stereocenters. The van der Waals surface area contributed by atoms with E-state index in [0.29, 0.717) is 21.7 Å². The second kappa shape index (κ2) is 7.59. The number of nitro benzene ring substituents is 1. The molecule has 2 N–H and O–H groups in total. The molecule has 0 amide bonds. The molecule has 19 heavy (non-hydrogen) atoms. The van der Waals surface area contributed by atoms with Crippen molar-refractivity contribution in [2.75, 3.05) is 6.54 Å². The van der Waals surface area contributed by atoms with Crippen molar-refractivity contribution in [3.63, 3.8) is 0 Å². The van der Waals surface area contributed by atoms with Crippen LogP contribution in [0.4, 0.5) is 5.69 Å². The summed E-state index contributed by atoms with van der Waals surface area (Å²) in [7, 11) is 0. The van der Waals surface area contributed by atoms with Crippen LogP contribution in [-0.2, 0) is 0 Å². The molecular weight excluding hydrogens is 332 g/mol. The molecule has 6 nitrogen and oxygen atoms in total. The standard InChI is InChI=1S/C11H11BrN4O2S/c1-2-5-13-11(19)15-14-7-8-3-4-9(12)10(6-8)16(17)18/h2-4,6-7H,1,5H2,(H2,13,15,19)/b14-7+. The molecule has 1 rings (SSSR count). The van der Waals surface area contributed by atoms with Crippen molar-refractivity contribution >= 4 is 45.2 Å². The van der Waals surface area contributed by atoms with Gasteiger partial charge in [-0.15, -0.1) is 6.58 Å². The molecule has 0 aliphatic heterocycles. The van der Waals surface area contributed by atoms with E-state index in [1.807, 2.05) is 0 Å². The zero-order chi connectivity index (χ0) is 14.3. The Morgan fingerprint density at radius 3 is 3.00 bits per heavy atom. The highest BCUT2D eigenvalue weighted by Gasteiger charge is 2.11. The fourth-order valence-corrected chi connectivity index (χ4v) is 1.65. The van der Waals surface area contributed by atoms with Gasteiger partial charge in [0.2, 0.25) is 0 Å². The zero-order valence-corrected chi connectivity index (χ0v) is 12.2. The molecule has 0 bridgehead atoms. The molecule has 0 saturated carbocycles. The lowest BCUT2D eigenvalue weighted by Crippen LogP contribution is -2.31. The van der Waals surface area contributed by atoms with Gasteiger partial charge in [0.05, 0.1) is 15.6 Å². The number of rotatable bonds is 5. The third kappa shape index (κ3) is 5.14. The number of nitrogens with zero attached hydrogens (tertiary/aromatic N) is 2. The topological polar surface area (TPSA) is 79.6 Å². The summed E-state index contributed by atoms with van der Waals surface area (Å²) in [4.78, 5) is 10.3. The summed E-state index contributed by atoms with van der Waals surface area (Å²) in [6.07, 6.45) is 3.11. The summed E-state index contributed by atoms with van der Waals surface area (Å²) >= 11 is 8.03. The quantitative estimate of drug-likeness (QED) is 0.282. The number of hydrazone groups is 1. The van der Waals surface area contributed by atoms with Gasteiger partial charge in [0.15, 0.2) is 5.11 Å². The van der Waals surface area contributed by atoms with Gasteiger partial charge in [0.25, 0.3) is 5.69 Å². The van der Waals surface area contributed by atoms with E-state index < -0.39 is 4.92 Å². The number of hydrogen-bond acceptors (Lipinski definition) is 4. The van der Waals surface area contributed by atoms with Crippen LogP contribution in [0, 0.1) is 10.1 Å². The Bertz CT molecular complexity index is 533. The smallest absolute Gasteiger partial charge is 0.284 e. The monoisotopic (exact) mass is 342 g/mol. The molecule has 0 aromatic heterocycles. The van der Waals surface area contributed by atoms with Crippen molar-refractivity contribution in [3.8, 4) is 0 Å². The van der Waals surface area contributed by atoms with E-state index in [9.17, 15) is 10.1 Å². The minimum atomic E-state index is -0.467. The first-order valence-corrected chi connectivity index (χ1v) is 6.36. The van der Waals surface area contributed by atoms with Gasteiger partial charge in [-0.3, -0.25) is 15.5 Å². The molecule has 0 atom stereocenters. The fraction of sp³-hybridized carbons (Fsp3) is 0.0909. The van der Waals surface area contributed by atoms with Crippen LogP contribution in [0.3, 0.4) is 0 Å². The fourth-order valence-electron chi connectivity index (χ4n) is 1.12. The van der Waals surface area contributed by atoms with Crippen molar-refractivity contribution in [1.29, 1.82) is 0 Å². The Morgan fingerprint density at radius 1 is 1.63 bits per heavy atom. The van der Waals surface area contributed by atoms with E-state index in [1.54, 1.807) is 18.2 Å². The molecule has 0 aliphatic carbocycles. The second-order valence-corrected chi connectivity index (χ2v) is 4.60. The minimum absolute atomic E-state index is 0.0173.